The highest BCUT2D eigenvalue weighted by molar-refractivity contribution is 5.98. The van der Waals surface area contributed by atoms with Gasteiger partial charge in [-0.25, -0.2) is 0 Å². The van der Waals surface area contributed by atoms with Crippen molar-refractivity contribution in [2.24, 2.45) is 5.92 Å². The molecule has 0 spiro atoms. The van der Waals surface area contributed by atoms with E-state index in [0.717, 1.165) is 22.2 Å². The predicted molar refractivity (Wildman–Crippen MR) is 89.0 cm³/mol. The van der Waals surface area contributed by atoms with E-state index < -0.39 is 0 Å². The molecule has 0 radical (unpaired) electrons. The van der Waals surface area contributed by atoms with Crippen LogP contribution in [0.25, 0.3) is 10.9 Å². The highest BCUT2D eigenvalue weighted by Gasteiger charge is 2.13. The van der Waals surface area contributed by atoms with Gasteiger partial charge in [0.15, 0.2) is 0 Å². The minimum atomic E-state index is -0.348. The van der Waals surface area contributed by atoms with E-state index in [1.54, 1.807) is 6.92 Å². The number of nitrogens with one attached hydrogen (secondary N) is 1. The van der Waals surface area contributed by atoms with Crippen LogP contribution in [0.4, 0.5) is 0 Å². The minimum Gasteiger partial charge on any atom is -0.393 e. The first-order valence-electron chi connectivity index (χ1n) is 7.71. The van der Waals surface area contributed by atoms with Gasteiger partial charge >= 0.3 is 0 Å². The first-order valence-corrected chi connectivity index (χ1v) is 7.71. The average molecular weight is 300 g/mol. The van der Waals surface area contributed by atoms with Crippen molar-refractivity contribution in [3.8, 4) is 0 Å². The molecule has 1 amide bonds. The van der Waals surface area contributed by atoms with E-state index in [2.05, 4.69) is 10.3 Å². The number of aryl methyl sites for hydroxylation is 2. The van der Waals surface area contributed by atoms with Gasteiger partial charge < -0.3 is 10.4 Å². The number of hydrogen-bond donors (Lipinski definition) is 2. The number of aliphatic hydroxyl groups excluding tert-OH is 1. The molecule has 4 heteroatoms. The summed E-state index contributed by atoms with van der Waals surface area (Å²) in [5.41, 5.74) is 3.40. The van der Waals surface area contributed by atoms with Crippen molar-refractivity contribution in [1.82, 2.24) is 10.3 Å². The largest absolute Gasteiger partial charge is 0.393 e. The molecule has 2 N–H and O–H groups in total. The number of fused-ring (bicyclic) bond motifs is 1. The smallest absolute Gasteiger partial charge is 0.253 e. The van der Waals surface area contributed by atoms with E-state index in [9.17, 15) is 9.90 Å². The average Bonchev–Trinajstić information content (AvgIpc) is 2.43. The molecule has 0 saturated carbocycles. The maximum absolute atomic E-state index is 12.4. The van der Waals surface area contributed by atoms with E-state index in [1.165, 1.54) is 0 Å². The lowest BCUT2D eigenvalue weighted by molar-refractivity contribution is 0.0938. The van der Waals surface area contributed by atoms with Crippen LogP contribution in [0.2, 0.25) is 0 Å². The van der Waals surface area contributed by atoms with Crippen LogP contribution in [0.5, 0.6) is 0 Å². The van der Waals surface area contributed by atoms with Crippen molar-refractivity contribution in [2.45, 2.75) is 40.2 Å². The second-order valence-electron chi connectivity index (χ2n) is 6.22. The van der Waals surface area contributed by atoms with Crippen molar-refractivity contribution < 1.29 is 9.90 Å². The molecule has 0 aliphatic heterocycles. The molecule has 0 bridgehead atoms. The normalized spacial score (nSPS) is 13.9. The van der Waals surface area contributed by atoms with Gasteiger partial charge in [-0.05, 0) is 51.3 Å². The molecule has 2 atom stereocenters. The number of rotatable bonds is 5. The molecule has 0 aliphatic rings. The Morgan fingerprint density at radius 1 is 1.27 bits per heavy atom. The van der Waals surface area contributed by atoms with Gasteiger partial charge in [-0.2, -0.15) is 0 Å². The summed E-state index contributed by atoms with van der Waals surface area (Å²) < 4.78 is 0. The molecular weight excluding hydrogens is 276 g/mol. The summed E-state index contributed by atoms with van der Waals surface area (Å²) in [6, 6.07) is 7.93. The zero-order chi connectivity index (χ0) is 16.3. The fraction of sp³-hybridized carbons (Fsp3) is 0.444. The van der Waals surface area contributed by atoms with Gasteiger partial charge in [-0.3, -0.25) is 9.78 Å². The maximum atomic E-state index is 12.4. The highest BCUT2D eigenvalue weighted by atomic mass is 16.3. The molecule has 118 valence electrons. The third-order valence-corrected chi connectivity index (χ3v) is 3.76. The van der Waals surface area contributed by atoms with Gasteiger partial charge in [0.1, 0.15) is 0 Å². The standard InChI is InChI=1S/C18H24N2O2/c1-11-5-6-17-15(8-11)9-16(14(4)20-17)18(22)19-10-12(2)7-13(3)21/h5-6,8-9,12-13,21H,7,10H2,1-4H3,(H,19,22). The van der Waals surface area contributed by atoms with Crippen molar-refractivity contribution in [2.75, 3.05) is 6.54 Å². The number of pyridine rings is 1. The number of aliphatic hydroxyl groups is 1. The molecule has 0 aliphatic carbocycles. The van der Waals surface area contributed by atoms with Crippen LogP contribution >= 0.6 is 0 Å². The lowest BCUT2D eigenvalue weighted by Crippen LogP contribution is -2.30. The molecule has 22 heavy (non-hydrogen) atoms. The lowest BCUT2D eigenvalue weighted by Gasteiger charge is -2.15. The molecule has 2 aromatic rings. The Bertz CT molecular complexity index is 680. The fourth-order valence-corrected chi connectivity index (χ4v) is 2.65. The van der Waals surface area contributed by atoms with E-state index in [-0.39, 0.29) is 17.9 Å². The monoisotopic (exact) mass is 300 g/mol. The molecule has 2 rings (SSSR count). The number of amides is 1. The topological polar surface area (TPSA) is 62.2 Å². The second kappa shape index (κ2) is 6.88. The summed E-state index contributed by atoms with van der Waals surface area (Å²) in [5, 5.41) is 13.3. The number of nitrogens with zero attached hydrogens (tertiary/aromatic N) is 1. The molecule has 4 nitrogen and oxygen atoms in total. The molecule has 2 unspecified atom stereocenters. The summed E-state index contributed by atoms with van der Waals surface area (Å²) >= 11 is 0. The van der Waals surface area contributed by atoms with Gasteiger partial charge in [0.25, 0.3) is 5.91 Å². The molecule has 1 aromatic carbocycles. The van der Waals surface area contributed by atoms with Gasteiger partial charge in [0.05, 0.1) is 22.9 Å². The van der Waals surface area contributed by atoms with Gasteiger partial charge in [0.2, 0.25) is 0 Å². The maximum Gasteiger partial charge on any atom is 0.253 e. The van der Waals surface area contributed by atoms with Crippen LogP contribution in [-0.2, 0) is 0 Å². The Hall–Kier alpha value is -1.94. The third kappa shape index (κ3) is 4.04. The Labute approximate surface area is 131 Å². The van der Waals surface area contributed by atoms with Crippen LogP contribution in [-0.4, -0.2) is 28.6 Å². The Kier molecular flexibility index (Phi) is 5.14. The van der Waals surface area contributed by atoms with Crippen LogP contribution in [0.15, 0.2) is 24.3 Å². The minimum absolute atomic E-state index is 0.106. The molecule has 0 saturated heterocycles. The number of carbonyl (C=O) groups excluding carboxylic acids is 1. The fourth-order valence-electron chi connectivity index (χ4n) is 2.65. The van der Waals surface area contributed by atoms with E-state index in [4.69, 9.17) is 0 Å². The molecular formula is C18H24N2O2. The number of aromatic nitrogens is 1. The Morgan fingerprint density at radius 2 is 2.00 bits per heavy atom. The third-order valence-electron chi connectivity index (χ3n) is 3.76. The van der Waals surface area contributed by atoms with Crippen LogP contribution in [0.1, 0.15) is 41.9 Å². The van der Waals surface area contributed by atoms with Gasteiger partial charge in [-0.15, -0.1) is 0 Å². The van der Waals surface area contributed by atoms with Gasteiger partial charge in [-0.1, -0.05) is 18.6 Å². The van der Waals surface area contributed by atoms with Crippen LogP contribution in [0.3, 0.4) is 0 Å². The van der Waals surface area contributed by atoms with Crippen molar-refractivity contribution in [3.63, 3.8) is 0 Å². The zero-order valence-corrected chi connectivity index (χ0v) is 13.7. The van der Waals surface area contributed by atoms with Crippen molar-refractivity contribution in [3.05, 3.63) is 41.1 Å². The van der Waals surface area contributed by atoms with Crippen LogP contribution < -0.4 is 5.32 Å². The number of carbonyl (C=O) groups is 1. The van der Waals surface area contributed by atoms with Crippen LogP contribution in [0, 0.1) is 19.8 Å². The second-order valence-corrected chi connectivity index (χ2v) is 6.22. The SMILES string of the molecule is Cc1ccc2nc(C)c(C(=O)NCC(C)CC(C)O)cc2c1. The first-order chi connectivity index (χ1) is 10.4. The molecule has 1 aromatic heterocycles. The Balaban J connectivity index is 2.15. The van der Waals surface area contributed by atoms with Crippen molar-refractivity contribution in [1.29, 1.82) is 0 Å². The summed E-state index contributed by atoms with van der Waals surface area (Å²) in [7, 11) is 0. The van der Waals surface area contributed by atoms with Gasteiger partial charge in [0, 0.05) is 11.9 Å². The molecule has 0 fully saturated rings. The highest BCUT2D eigenvalue weighted by Crippen LogP contribution is 2.18. The van der Waals surface area contributed by atoms with E-state index >= 15 is 0 Å². The quantitative estimate of drug-likeness (QED) is 0.892. The first kappa shape index (κ1) is 16.4. The number of benzene rings is 1. The summed E-state index contributed by atoms with van der Waals surface area (Å²) in [4.78, 5) is 16.9. The lowest BCUT2D eigenvalue weighted by atomic mass is 10.0. The predicted octanol–water partition coefficient (Wildman–Crippen LogP) is 2.99. The summed E-state index contributed by atoms with van der Waals surface area (Å²) in [6.45, 7) is 8.21. The number of hydrogen-bond acceptors (Lipinski definition) is 3. The Morgan fingerprint density at radius 3 is 2.68 bits per heavy atom. The van der Waals surface area contributed by atoms with E-state index in [1.807, 2.05) is 45.0 Å². The summed E-state index contributed by atoms with van der Waals surface area (Å²) in [5.74, 6) is 0.130. The van der Waals surface area contributed by atoms with E-state index in [0.29, 0.717) is 18.5 Å². The molecule has 1 heterocycles. The van der Waals surface area contributed by atoms with Crippen molar-refractivity contribution >= 4 is 16.8 Å². The zero-order valence-electron chi connectivity index (χ0n) is 13.7. The summed E-state index contributed by atoms with van der Waals surface area (Å²) in [6.07, 6.45) is 0.327.